The molecule has 1 saturated heterocycles. The predicted octanol–water partition coefficient (Wildman–Crippen LogP) is 1.69. The van der Waals surface area contributed by atoms with Gasteiger partial charge in [0.2, 0.25) is 0 Å². The lowest BCUT2D eigenvalue weighted by Gasteiger charge is -2.28. The summed E-state index contributed by atoms with van der Waals surface area (Å²) in [6.45, 7) is 0.936. The zero-order chi connectivity index (χ0) is 16.4. The number of nitrogens with zero attached hydrogens (tertiary/aromatic N) is 2. The first-order valence-electron chi connectivity index (χ1n) is 7.48. The Hall–Kier alpha value is -2.12. The number of piperidine rings is 1. The van der Waals surface area contributed by atoms with E-state index in [1.165, 1.54) is 0 Å². The SMILES string of the molecule is Cl.Cn1cnc(-c2ccc(O[C@H]3CCNC[C@@H]3F)c(C(N)=O)c2)c1. The molecule has 1 fully saturated rings. The van der Waals surface area contributed by atoms with Gasteiger partial charge in [0.25, 0.3) is 5.91 Å². The number of hydrogen-bond acceptors (Lipinski definition) is 4. The molecule has 2 atom stereocenters. The average molecular weight is 355 g/mol. The summed E-state index contributed by atoms with van der Waals surface area (Å²) in [6.07, 6.45) is 2.37. The lowest BCUT2D eigenvalue weighted by atomic mass is 10.1. The number of nitrogens with one attached hydrogen (secondary N) is 1. The Balaban J connectivity index is 0.00000208. The Labute approximate surface area is 145 Å². The molecule has 24 heavy (non-hydrogen) atoms. The third-order valence-electron chi connectivity index (χ3n) is 3.87. The Kier molecular flexibility index (Phi) is 5.80. The maximum absolute atomic E-state index is 13.9. The molecule has 0 radical (unpaired) electrons. The molecular formula is C16H20ClFN4O2. The van der Waals surface area contributed by atoms with Gasteiger partial charge in [-0.3, -0.25) is 4.79 Å². The second kappa shape index (κ2) is 7.63. The number of aromatic nitrogens is 2. The van der Waals surface area contributed by atoms with Gasteiger partial charge >= 0.3 is 0 Å². The molecule has 1 aromatic carbocycles. The van der Waals surface area contributed by atoms with Crippen molar-refractivity contribution >= 4 is 18.3 Å². The van der Waals surface area contributed by atoms with E-state index < -0.39 is 18.2 Å². The fraction of sp³-hybridized carbons (Fsp3) is 0.375. The van der Waals surface area contributed by atoms with Gasteiger partial charge in [0.05, 0.1) is 17.6 Å². The number of imidazole rings is 1. The van der Waals surface area contributed by atoms with E-state index in [4.69, 9.17) is 10.5 Å². The minimum atomic E-state index is -1.11. The maximum Gasteiger partial charge on any atom is 0.252 e. The number of nitrogens with two attached hydrogens (primary N) is 1. The number of carbonyl (C=O) groups excluding carboxylic acids is 1. The zero-order valence-corrected chi connectivity index (χ0v) is 14.1. The van der Waals surface area contributed by atoms with Crippen LogP contribution in [0.4, 0.5) is 4.39 Å². The fourth-order valence-electron chi connectivity index (χ4n) is 2.64. The van der Waals surface area contributed by atoms with Crippen LogP contribution >= 0.6 is 12.4 Å². The van der Waals surface area contributed by atoms with E-state index in [9.17, 15) is 9.18 Å². The molecule has 0 bridgehead atoms. The van der Waals surface area contributed by atoms with E-state index in [1.54, 1.807) is 24.5 Å². The van der Waals surface area contributed by atoms with E-state index in [-0.39, 0.29) is 24.5 Å². The average Bonchev–Trinajstić information content (AvgIpc) is 2.96. The molecule has 1 amide bonds. The number of ether oxygens (including phenoxy) is 1. The summed E-state index contributed by atoms with van der Waals surface area (Å²) in [4.78, 5) is 16.0. The Morgan fingerprint density at radius 1 is 1.50 bits per heavy atom. The predicted molar refractivity (Wildman–Crippen MR) is 91.2 cm³/mol. The number of rotatable bonds is 4. The number of hydrogen-bond donors (Lipinski definition) is 2. The van der Waals surface area contributed by atoms with Gasteiger partial charge in [-0.25, -0.2) is 9.37 Å². The van der Waals surface area contributed by atoms with E-state index in [2.05, 4.69) is 10.3 Å². The van der Waals surface area contributed by atoms with Crippen LogP contribution in [-0.4, -0.2) is 40.8 Å². The van der Waals surface area contributed by atoms with Crippen molar-refractivity contribution in [1.29, 1.82) is 0 Å². The summed E-state index contributed by atoms with van der Waals surface area (Å²) in [5, 5.41) is 2.96. The fourth-order valence-corrected chi connectivity index (χ4v) is 2.64. The number of aryl methyl sites for hydroxylation is 1. The molecule has 0 spiro atoms. The monoisotopic (exact) mass is 354 g/mol. The molecule has 2 aromatic rings. The van der Waals surface area contributed by atoms with Crippen LogP contribution in [0.5, 0.6) is 5.75 Å². The zero-order valence-electron chi connectivity index (χ0n) is 13.2. The number of primary amides is 1. The molecule has 1 aromatic heterocycles. The smallest absolute Gasteiger partial charge is 0.252 e. The van der Waals surface area contributed by atoms with Crippen LogP contribution in [-0.2, 0) is 7.05 Å². The van der Waals surface area contributed by atoms with Gasteiger partial charge in [0, 0.05) is 25.4 Å². The quantitative estimate of drug-likeness (QED) is 0.875. The molecule has 6 nitrogen and oxygen atoms in total. The van der Waals surface area contributed by atoms with Crippen molar-refractivity contribution in [3.63, 3.8) is 0 Å². The van der Waals surface area contributed by atoms with Gasteiger partial charge in [-0.15, -0.1) is 12.4 Å². The van der Waals surface area contributed by atoms with Gasteiger partial charge in [-0.1, -0.05) is 0 Å². The van der Waals surface area contributed by atoms with Crippen molar-refractivity contribution in [2.75, 3.05) is 13.1 Å². The largest absolute Gasteiger partial charge is 0.486 e. The van der Waals surface area contributed by atoms with Crippen LogP contribution in [0.3, 0.4) is 0 Å². The third-order valence-corrected chi connectivity index (χ3v) is 3.87. The molecule has 0 unspecified atom stereocenters. The first kappa shape index (κ1) is 18.2. The molecule has 0 aliphatic carbocycles. The molecule has 0 saturated carbocycles. The highest BCUT2D eigenvalue weighted by Crippen LogP contribution is 2.28. The Morgan fingerprint density at radius 2 is 2.29 bits per heavy atom. The number of benzene rings is 1. The minimum Gasteiger partial charge on any atom is -0.486 e. The van der Waals surface area contributed by atoms with Crippen molar-refractivity contribution < 1.29 is 13.9 Å². The van der Waals surface area contributed by atoms with E-state index in [0.717, 1.165) is 11.3 Å². The third kappa shape index (κ3) is 3.85. The van der Waals surface area contributed by atoms with Crippen LogP contribution < -0.4 is 15.8 Å². The minimum absolute atomic E-state index is 0. The highest BCUT2D eigenvalue weighted by Gasteiger charge is 2.27. The summed E-state index contributed by atoms with van der Waals surface area (Å²) in [5.41, 5.74) is 7.18. The number of alkyl halides is 1. The van der Waals surface area contributed by atoms with E-state index in [0.29, 0.717) is 18.7 Å². The summed E-state index contributed by atoms with van der Waals surface area (Å²) in [5.74, 6) is -0.297. The van der Waals surface area contributed by atoms with Crippen molar-refractivity contribution in [3.8, 4) is 17.0 Å². The van der Waals surface area contributed by atoms with Crippen molar-refractivity contribution in [1.82, 2.24) is 14.9 Å². The molecule has 3 N–H and O–H groups in total. The first-order chi connectivity index (χ1) is 11.0. The summed E-state index contributed by atoms with van der Waals surface area (Å²) in [7, 11) is 1.86. The topological polar surface area (TPSA) is 82.2 Å². The number of carbonyl (C=O) groups is 1. The van der Waals surface area contributed by atoms with Gasteiger partial charge in [0.1, 0.15) is 18.0 Å². The lowest BCUT2D eigenvalue weighted by molar-refractivity contribution is 0.0713. The van der Waals surface area contributed by atoms with Gasteiger partial charge < -0.3 is 20.4 Å². The highest BCUT2D eigenvalue weighted by molar-refractivity contribution is 5.97. The molecule has 1 aliphatic rings. The molecule has 8 heteroatoms. The second-order valence-corrected chi connectivity index (χ2v) is 5.66. The van der Waals surface area contributed by atoms with Gasteiger partial charge in [-0.2, -0.15) is 0 Å². The Morgan fingerprint density at radius 3 is 2.92 bits per heavy atom. The highest BCUT2D eigenvalue weighted by atomic mass is 35.5. The summed E-state index contributed by atoms with van der Waals surface area (Å²) >= 11 is 0. The Bertz CT molecular complexity index is 722. The molecule has 3 rings (SSSR count). The number of amides is 1. The van der Waals surface area contributed by atoms with Crippen molar-refractivity contribution in [2.45, 2.75) is 18.7 Å². The van der Waals surface area contributed by atoms with Crippen LogP contribution in [0.1, 0.15) is 16.8 Å². The van der Waals surface area contributed by atoms with Crippen molar-refractivity contribution in [3.05, 3.63) is 36.3 Å². The normalized spacial score (nSPS) is 20.2. The summed E-state index contributed by atoms with van der Waals surface area (Å²) in [6, 6.07) is 5.07. The van der Waals surface area contributed by atoms with Crippen LogP contribution in [0.2, 0.25) is 0 Å². The van der Waals surface area contributed by atoms with Crippen LogP contribution in [0.25, 0.3) is 11.3 Å². The van der Waals surface area contributed by atoms with Gasteiger partial charge in [0.15, 0.2) is 0 Å². The van der Waals surface area contributed by atoms with E-state index in [1.807, 2.05) is 17.8 Å². The van der Waals surface area contributed by atoms with E-state index >= 15 is 0 Å². The molecule has 130 valence electrons. The van der Waals surface area contributed by atoms with Crippen LogP contribution in [0.15, 0.2) is 30.7 Å². The summed E-state index contributed by atoms with van der Waals surface area (Å²) < 4.78 is 21.4. The molecule has 2 heterocycles. The maximum atomic E-state index is 13.9. The van der Waals surface area contributed by atoms with Crippen LogP contribution in [0, 0.1) is 0 Å². The molecule has 1 aliphatic heterocycles. The van der Waals surface area contributed by atoms with Crippen molar-refractivity contribution in [2.24, 2.45) is 12.8 Å². The number of halogens is 2. The first-order valence-corrected chi connectivity index (χ1v) is 7.48. The lowest BCUT2D eigenvalue weighted by Crippen LogP contribution is -2.44. The van der Waals surface area contributed by atoms with Gasteiger partial charge in [-0.05, 0) is 31.2 Å². The second-order valence-electron chi connectivity index (χ2n) is 5.66. The standard InChI is InChI=1S/C16H19FN4O2.ClH/c1-21-8-13(20-9-21)10-2-3-14(11(6-10)16(18)22)23-15-4-5-19-7-12(15)17;/h2-3,6,8-9,12,15,19H,4-5,7H2,1H3,(H2,18,22);1H/t12-,15-;/m0./s1. The molecular weight excluding hydrogens is 335 g/mol.